The van der Waals surface area contributed by atoms with E-state index in [0.29, 0.717) is 11.8 Å². The Morgan fingerprint density at radius 2 is 1.14 bits per heavy atom. The van der Waals surface area contributed by atoms with Crippen LogP contribution in [-0.4, -0.2) is 37.2 Å². The molecule has 0 amide bonds. The summed E-state index contributed by atoms with van der Waals surface area (Å²) >= 11 is 0. The van der Waals surface area contributed by atoms with Crippen LogP contribution in [0.15, 0.2) is 0 Å². The zero-order chi connectivity index (χ0) is 16.6. The molecule has 0 radical (unpaired) electrons. The van der Waals surface area contributed by atoms with Crippen molar-refractivity contribution in [1.82, 2.24) is 0 Å². The fraction of sp³-hybridized carbons (Fsp3) is 1.00. The molecule has 132 valence electrons. The standard InChI is InChI=1S/C12H26O8P2/c1-17-21(13,14)19-9-7-11-3-5-12(6-4-11)8-10-20-22(15,16)18-2/h11-12H,3-10H2,1-2H3,(H,13,14)(H,15,16). The van der Waals surface area contributed by atoms with Gasteiger partial charge in [-0.05, 0) is 24.7 Å². The lowest BCUT2D eigenvalue weighted by atomic mass is 9.79. The Labute approximate surface area is 131 Å². The van der Waals surface area contributed by atoms with E-state index in [1.54, 1.807) is 0 Å². The molecule has 0 spiro atoms. The molecule has 8 nitrogen and oxygen atoms in total. The maximum Gasteiger partial charge on any atom is 0.471 e. The molecule has 0 saturated heterocycles. The zero-order valence-electron chi connectivity index (χ0n) is 13.0. The highest BCUT2D eigenvalue weighted by Gasteiger charge is 2.24. The fourth-order valence-electron chi connectivity index (χ4n) is 2.58. The Kier molecular flexibility index (Phi) is 8.75. The summed E-state index contributed by atoms with van der Waals surface area (Å²) in [5, 5.41) is 0. The van der Waals surface area contributed by atoms with Crippen molar-refractivity contribution < 1.29 is 37.0 Å². The lowest BCUT2D eigenvalue weighted by Gasteiger charge is -2.28. The van der Waals surface area contributed by atoms with E-state index in [4.69, 9.17) is 18.8 Å². The van der Waals surface area contributed by atoms with Crippen molar-refractivity contribution >= 4 is 15.6 Å². The molecular formula is C12H26O8P2. The maximum atomic E-state index is 11.1. The van der Waals surface area contributed by atoms with Crippen LogP contribution < -0.4 is 0 Å². The summed E-state index contributed by atoms with van der Waals surface area (Å²) in [6.07, 6.45) is 5.50. The van der Waals surface area contributed by atoms with Crippen LogP contribution in [0.25, 0.3) is 0 Å². The minimum atomic E-state index is -3.87. The maximum absolute atomic E-state index is 11.1. The molecule has 0 bridgehead atoms. The molecule has 0 heterocycles. The molecule has 1 rings (SSSR count). The molecule has 2 unspecified atom stereocenters. The Hall–Kier alpha value is 0.220. The molecule has 1 aliphatic carbocycles. The van der Waals surface area contributed by atoms with Gasteiger partial charge < -0.3 is 9.79 Å². The van der Waals surface area contributed by atoms with Gasteiger partial charge in [0.05, 0.1) is 13.2 Å². The van der Waals surface area contributed by atoms with E-state index in [0.717, 1.165) is 52.7 Å². The molecule has 2 atom stereocenters. The van der Waals surface area contributed by atoms with E-state index in [9.17, 15) is 9.13 Å². The summed E-state index contributed by atoms with van der Waals surface area (Å²) in [6, 6.07) is 0. The van der Waals surface area contributed by atoms with Gasteiger partial charge in [0.1, 0.15) is 0 Å². The molecule has 1 fully saturated rings. The van der Waals surface area contributed by atoms with Gasteiger partial charge in [-0.15, -0.1) is 0 Å². The quantitative estimate of drug-likeness (QED) is 0.572. The summed E-state index contributed by atoms with van der Waals surface area (Å²) < 4.78 is 40.6. The van der Waals surface area contributed by atoms with E-state index >= 15 is 0 Å². The summed E-state index contributed by atoms with van der Waals surface area (Å²) in [5.41, 5.74) is 0. The van der Waals surface area contributed by atoms with Gasteiger partial charge in [-0.2, -0.15) is 0 Å². The number of hydrogen-bond donors (Lipinski definition) is 2. The third-order valence-corrected chi connectivity index (χ3v) is 5.93. The number of rotatable bonds is 10. The Morgan fingerprint density at radius 3 is 1.41 bits per heavy atom. The van der Waals surface area contributed by atoms with Crippen molar-refractivity contribution in [3.63, 3.8) is 0 Å². The average molecular weight is 360 g/mol. The van der Waals surface area contributed by atoms with E-state index < -0.39 is 15.6 Å². The van der Waals surface area contributed by atoms with Crippen LogP contribution >= 0.6 is 15.6 Å². The molecular weight excluding hydrogens is 334 g/mol. The zero-order valence-corrected chi connectivity index (χ0v) is 14.8. The highest BCUT2D eigenvalue weighted by molar-refractivity contribution is 7.47. The van der Waals surface area contributed by atoms with Crippen molar-refractivity contribution in [2.24, 2.45) is 11.8 Å². The smallest absolute Gasteiger partial charge is 0.303 e. The molecule has 2 N–H and O–H groups in total. The largest absolute Gasteiger partial charge is 0.471 e. The molecule has 0 aromatic heterocycles. The van der Waals surface area contributed by atoms with Gasteiger partial charge in [0, 0.05) is 14.2 Å². The van der Waals surface area contributed by atoms with Crippen LogP contribution in [0.1, 0.15) is 38.5 Å². The Morgan fingerprint density at radius 1 is 0.818 bits per heavy atom. The van der Waals surface area contributed by atoms with E-state index in [1.807, 2.05) is 0 Å². The molecule has 0 aliphatic heterocycles. The minimum absolute atomic E-state index is 0.210. The van der Waals surface area contributed by atoms with Crippen LogP contribution in [0.3, 0.4) is 0 Å². The SMILES string of the molecule is COP(=O)(O)OCCC1CCC(CCOP(=O)(O)OC)CC1. The van der Waals surface area contributed by atoms with Crippen molar-refractivity contribution in [3.8, 4) is 0 Å². The average Bonchev–Trinajstić information content (AvgIpc) is 2.48. The first kappa shape index (κ1) is 20.3. The summed E-state index contributed by atoms with van der Waals surface area (Å²) in [4.78, 5) is 18.2. The van der Waals surface area contributed by atoms with Crippen LogP contribution in [0, 0.1) is 11.8 Å². The van der Waals surface area contributed by atoms with Gasteiger partial charge in [-0.25, -0.2) is 9.13 Å². The molecule has 22 heavy (non-hydrogen) atoms. The molecule has 10 heteroatoms. The van der Waals surface area contributed by atoms with Crippen molar-refractivity contribution in [1.29, 1.82) is 0 Å². The molecule has 1 saturated carbocycles. The topological polar surface area (TPSA) is 112 Å². The number of phosphoric acid groups is 2. The highest BCUT2D eigenvalue weighted by atomic mass is 31.2. The second kappa shape index (κ2) is 9.50. The summed E-state index contributed by atoms with van der Waals surface area (Å²) in [5.74, 6) is 0.939. The van der Waals surface area contributed by atoms with Crippen LogP contribution in [0.4, 0.5) is 0 Å². The van der Waals surface area contributed by atoms with Crippen LogP contribution in [0.2, 0.25) is 0 Å². The third-order valence-electron chi connectivity index (χ3n) is 3.99. The third kappa shape index (κ3) is 8.18. The Bertz CT molecular complexity index is 370. The lowest BCUT2D eigenvalue weighted by molar-refractivity contribution is 0.138. The second-order valence-electron chi connectivity index (χ2n) is 5.43. The molecule has 0 aromatic rings. The van der Waals surface area contributed by atoms with Crippen molar-refractivity contribution in [2.75, 3.05) is 27.4 Å². The number of phosphoric ester groups is 2. The first-order valence-corrected chi connectivity index (χ1v) is 10.3. The van der Waals surface area contributed by atoms with Crippen molar-refractivity contribution in [2.45, 2.75) is 38.5 Å². The van der Waals surface area contributed by atoms with Crippen LogP contribution in [-0.2, 0) is 27.2 Å². The summed E-state index contributed by atoms with van der Waals surface area (Å²) in [7, 11) is -5.45. The van der Waals surface area contributed by atoms with Gasteiger partial charge in [0.15, 0.2) is 0 Å². The Balaban J connectivity index is 2.13. The number of hydrogen-bond acceptors (Lipinski definition) is 6. The lowest BCUT2D eigenvalue weighted by Crippen LogP contribution is -2.17. The predicted octanol–water partition coefficient (Wildman–Crippen LogP) is 3.10. The van der Waals surface area contributed by atoms with Crippen LogP contribution in [0.5, 0.6) is 0 Å². The van der Waals surface area contributed by atoms with E-state index in [2.05, 4.69) is 9.05 Å². The fourth-order valence-corrected chi connectivity index (χ4v) is 3.47. The van der Waals surface area contributed by atoms with Crippen molar-refractivity contribution in [3.05, 3.63) is 0 Å². The molecule has 0 aromatic carbocycles. The predicted molar refractivity (Wildman–Crippen MR) is 80.3 cm³/mol. The van der Waals surface area contributed by atoms with Gasteiger partial charge in [0.2, 0.25) is 0 Å². The molecule has 1 aliphatic rings. The summed E-state index contributed by atoms with van der Waals surface area (Å²) in [6.45, 7) is 0.420. The van der Waals surface area contributed by atoms with Gasteiger partial charge in [-0.3, -0.25) is 18.1 Å². The normalized spacial score (nSPS) is 28.0. The highest BCUT2D eigenvalue weighted by Crippen LogP contribution is 2.44. The monoisotopic (exact) mass is 360 g/mol. The van der Waals surface area contributed by atoms with E-state index in [-0.39, 0.29) is 13.2 Å². The van der Waals surface area contributed by atoms with Gasteiger partial charge >= 0.3 is 15.6 Å². The van der Waals surface area contributed by atoms with Gasteiger partial charge in [-0.1, -0.05) is 25.7 Å². The first-order valence-electron chi connectivity index (χ1n) is 7.34. The van der Waals surface area contributed by atoms with E-state index in [1.165, 1.54) is 0 Å². The first-order chi connectivity index (χ1) is 10.3. The van der Waals surface area contributed by atoms with Gasteiger partial charge in [0.25, 0.3) is 0 Å². The minimum Gasteiger partial charge on any atom is -0.303 e. The second-order valence-corrected chi connectivity index (χ2v) is 8.55.